The molecule has 0 saturated carbocycles. The van der Waals surface area contributed by atoms with Crippen molar-refractivity contribution in [2.75, 3.05) is 22.1 Å². The van der Waals surface area contributed by atoms with Gasteiger partial charge in [-0.15, -0.1) is 20.4 Å². The number of aromatic nitrogens is 4. The molecule has 200 valence electrons. The number of carbonyl (C=O) groups is 2. The Labute approximate surface area is 235 Å². The van der Waals surface area contributed by atoms with Crippen molar-refractivity contribution in [3.8, 4) is 0 Å². The Morgan fingerprint density at radius 2 is 1.53 bits per heavy atom. The first-order valence-corrected chi connectivity index (χ1v) is 15.0. The van der Waals surface area contributed by atoms with Crippen molar-refractivity contribution < 1.29 is 9.59 Å². The summed E-state index contributed by atoms with van der Waals surface area (Å²) in [5.41, 5.74) is 1.88. The predicted molar refractivity (Wildman–Crippen MR) is 159 cm³/mol. The fourth-order valence-electron chi connectivity index (χ4n) is 3.37. The second kappa shape index (κ2) is 15.3. The van der Waals surface area contributed by atoms with Gasteiger partial charge in [0.1, 0.15) is 10.0 Å². The number of thioether (sulfide) groups is 1. The lowest BCUT2D eigenvalue weighted by molar-refractivity contribution is -0.118. The molecule has 1 aromatic carbocycles. The molecule has 0 aliphatic carbocycles. The smallest absolute Gasteiger partial charge is 0.233 e. The molecule has 2 aromatic heterocycles. The zero-order chi connectivity index (χ0) is 27.3. The number of hydrogen-bond donors (Lipinski definition) is 2. The number of anilines is 2. The van der Waals surface area contributed by atoms with Gasteiger partial charge in [0.25, 0.3) is 0 Å². The lowest BCUT2D eigenvalue weighted by Crippen LogP contribution is -2.21. The predicted octanol–water partition coefficient (Wildman–Crippen LogP) is 5.91. The summed E-state index contributed by atoms with van der Waals surface area (Å²) in [5, 5.41) is 25.2. The van der Waals surface area contributed by atoms with E-state index in [9.17, 15) is 9.59 Å². The van der Waals surface area contributed by atoms with Crippen LogP contribution in [0, 0.1) is 5.92 Å². The standard InChI is InChI=1S/C27H32N6O2S3/c1-5-7-11-20(6-2)18(3)24(34)28-26-32-30-22(37-26)14-16-36-17-15-23-31-33-27(38-23)29-25(35)19(4)21-12-9-8-10-13-21/h5-13,18-19H,1,14-17H2,2-4H3,(H,28,32,34)(H,29,33,35)/b11-7-,20-6+. The lowest BCUT2D eigenvalue weighted by Gasteiger charge is -2.11. The average Bonchev–Trinajstić information content (AvgIpc) is 3.57. The second-order valence-electron chi connectivity index (χ2n) is 8.33. The van der Waals surface area contributed by atoms with Crippen molar-refractivity contribution in [1.29, 1.82) is 0 Å². The summed E-state index contributed by atoms with van der Waals surface area (Å²) < 4.78 is 0. The van der Waals surface area contributed by atoms with Crippen molar-refractivity contribution in [3.63, 3.8) is 0 Å². The highest BCUT2D eigenvalue weighted by Gasteiger charge is 2.18. The summed E-state index contributed by atoms with van der Waals surface area (Å²) in [5.74, 6) is 0.980. The first-order chi connectivity index (χ1) is 18.4. The molecule has 2 atom stereocenters. The molecule has 3 rings (SSSR count). The first-order valence-electron chi connectivity index (χ1n) is 12.3. The molecule has 11 heteroatoms. The highest BCUT2D eigenvalue weighted by Crippen LogP contribution is 2.23. The third kappa shape index (κ3) is 9.00. The molecule has 2 heterocycles. The van der Waals surface area contributed by atoms with Crippen LogP contribution in [0.1, 0.15) is 42.3 Å². The number of hydrogen-bond acceptors (Lipinski definition) is 9. The maximum absolute atomic E-state index is 12.6. The largest absolute Gasteiger partial charge is 0.300 e. The molecule has 0 aliphatic heterocycles. The summed E-state index contributed by atoms with van der Waals surface area (Å²) in [6.45, 7) is 9.30. The van der Waals surface area contributed by atoms with Crippen LogP contribution in [0.3, 0.4) is 0 Å². The van der Waals surface area contributed by atoms with Gasteiger partial charge in [-0.3, -0.25) is 9.59 Å². The van der Waals surface area contributed by atoms with Crippen LogP contribution in [0.15, 0.2) is 66.8 Å². The molecule has 0 radical (unpaired) electrons. The van der Waals surface area contributed by atoms with E-state index in [4.69, 9.17) is 0 Å². The van der Waals surface area contributed by atoms with E-state index in [0.717, 1.165) is 45.5 Å². The number of rotatable bonds is 14. The fourth-order valence-corrected chi connectivity index (χ4v) is 6.00. The van der Waals surface area contributed by atoms with Crippen molar-refractivity contribution in [1.82, 2.24) is 20.4 Å². The topological polar surface area (TPSA) is 110 Å². The van der Waals surface area contributed by atoms with Gasteiger partial charge < -0.3 is 10.6 Å². The minimum absolute atomic E-state index is 0.0952. The summed E-state index contributed by atoms with van der Waals surface area (Å²) >= 11 is 4.60. The molecule has 2 unspecified atom stereocenters. The van der Waals surface area contributed by atoms with Gasteiger partial charge in [-0.2, -0.15) is 11.8 Å². The lowest BCUT2D eigenvalue weighted by atomic mass is 9.99. The number of benzene rings is 1. The van der Waals surface area contributed by atoms with Gasteiger partial charge in [-0.25, -0.2) is 0 Å². The van der Waals surface area contributed by atoms with Gasteiger partial charge in [0.15, 0.2) is 0 Å². The van der Waals surface area contributed by atoms with E-state index in [-0.39, 0.29) is 23.7 Å². The number of carbonyl (C=O) groups excluding carboxylic acids is 2. The Morgan fingerprint density at radius 3 is 2.08 bits per heavy atom. The SMILES string of the molecule is C=C/C=C\C(=C/C)C(C)C(=O)Nc1nnc(CCSCCc2nnc(NC(=O)C(C)c3ccccc3)s2)s1. The van der Waals surface area contributed by atoms with E-state index in [1.165, 1.54) is 22.7 Å². The summed E-state index contributed by atoms with van der Waals surface area (Å²) in [7, 11) is 0. The molecule has 0 saturated heterocycles. The highest BCUT2D eigenvalue weighted by molar-refractivity contribution is 7.99. The second-order valence-corrected chi connectivity index (χ2v) is 11.7. The Kier molecular flexibility index (Phi) is 11.8. The molecule has 2 amide bonds. The number of nitrogens with one attached hydrogen (secondary N) is 2. The molecule has 0 spiro atoms. The Hall–Kier alpha value is -3.15. The molecule has 3 aromatic rings. The van der Waals surface area contributed by atoms with E-state index in [1.807, 2.05) is 69.3 Å². The van der Waals surface area contributed by atoms with Crippen LogP contribution < -0.4 is 10.6 Å². The molecule has 2 N–H and O–H groups in total. The van der Waals surface area contributed by atoms with Gasteiger partial charge in [0.05, 0.1) is 11.8 Å². The molecule has 8 nitrogen and oxygen atoms in total. The normalized spacial score (nSPS) is 13.3. The molecule has 38 heavy (non-hydrogen) atoms. The molecule has 0 fully saturated rings. The third-order valence-electron chi connectivity index (χ3n) is 5.66. The minimum Gasteiger partial charge on any atom is -0.300 e. The van der Waals surface area contributed by atoms with E-state index in [2.05, 4.69) is 37.6 Å². The van der Waals surface area contributed by atoms with Crippen molar-refractivity contribution in [2.45, 2.75) is 39.5 Å². The maximum atomic E-state index is 12.6. The number of amides is 2. The molecular formula is C27H32N6O2S3. The minimum atomic E-state index is -0.305. The van der Waals surface area contributed by atoms with E-state index >= 15 is 0 Å². The Bertz CT molecular complexity index is 1270. The van der Waals surface area contributed by atoms with Crippen molar-refractivity contribution in [3.05, 3.63) is 82.4 Å². The number of aryl methyl sites for hydroxylation is 2. The van der Waals surface area contributed by atoms with E-state index in [0.29, 0.717) is 10.3 Å². The molecule has 0 bridgehead atoms. The van der Waals surface area contributed by atoms with Crippen molar-refractivity contribution in [2.24, 2.45) is 5.92 Å². The van der Waals surface area contributed by atoms with Gasteiger partial charge >= 0.3 is 0 Å². The maximum Gasteiger partial charge on any atom is 0.233 e. The van der Waals surface area contributed by atoms with E-state index < -0.39 is 0 Å². The van der Waals surface area contributed by atoms with Gasteiger partial charge in [0.2, 0.25) is 22.1 Å². The monoisotopic (exact) mass is 568 g/mol. The van der Waals surface area contributed by atoms with Gasteiger partial charge in [0, 0.05) is 12.8 Å². The van der Waals surface area contributed by atoms with Crippen LogP contribution in [-0.4, -0.2) is 43.7 Å². The quantitative estimate of drug-likeness (QED) is 0.184. The van der Waals surface area contributed by atoms with Crippen LogP contribution >= 0.6 is 34.4 Å². The fraction of sp³-hybridized carbons (Fsp3) is 0.333. The van der Waals surface area contributed by atoms with Gasteiger partial charge in [-0.05, 0) is 43.4 Å². The van der Waals surface area contributed by atoms with Crippen LogP contribution in [0.25, 0.3) is 0 Å². The number of allylic oxidation sites excluding steroid dienone is 4. The summed E-state index contributed by atoms with van der Waals surface area (Å²) in [4.78, 5) is 25.1. The Balaban J connectivity index is 1.36. The zero-order valence-electron chi connectivity index (χ0n) is 21.7. The summed E-state index contributed by atoms with van der Waals surface area (Å²) in [6, 6.07) is 9.66. The highest BCUT2D eigenvalue weighted by atomic mass is 32.2. The van der Waals surface area contributed by atoms with Gasteiger partial charge in [-0.1, -0.05) is 83.9 Å². The van der Waals surface area contributed by atoms with Crippen LogP contribution in [0.5, 0.6) is 0 Å². The summed E-state index contributed by atoms with van der Waals surface area (Å²) in [6.07, 6.45) is 8.83. The third-order valence-corrected chi connectivity index (χ3v) is 8.44. The van der Waals surface area contributed by atoms with Crippen LogP contribution in [-0.2, 0) is 22.4 Å². The molecule has 0 aliphatic rings. The van der Waals surface area contributed by atoms with Crippen molar-refractivity contribution >= 4 is 56.5 Å². The molecular weight excluding hydrogens is 537 g/mol. The number of nitrogens with zero attached hydrogens (tertiary/aromatic N) is 4. The Morgan fingerprint density at radius 1 is 0.947 bits per heavy atom. The average molecular weight is 569 g/mol. The van der Waals surface area contributed by atoms with E-state index in [1.54, 1.807) is 17.8 Å². The van der Waals surface area contributed by atoms with Crippen LogP contribution in [0.2, 0.25) is 0 Å². The van der Waals surface area contributed by atoms with Crippen LogP contribution in [0.4, 0.5) is 10.3 Å². The zero-order valence-corrected chi connectivity index (χ0v) is 24.2. The first kappa shape index (κ1) is 29.4.